The number of methoxy groups -OCH3 is 1. The molecule has 2 aromatic rings. The summed E-state index contributed by atoms with van der Waals surface area (Å²) in [6.45, 7) is 2.19. The van der Waals surface area contributed by atoms with Gasteiger partial charge in [0.15, 0.2) is 0 Å². The average Bonchev–Trinajstić information content (AvgIpc) is 2.98. The first-order valence-corrected chi connectivity index (χ1v) is 7.53. The van der Waals surface area contributed by atoms with Crippen molar-refractivity contribution in [2.24, 2.45) is 0 Å². The lowest BCUT2D eigenvalue weighted by Crippen LogP contribution is -2.08. The highest BCUT2D eigenvalue weighted by Crippen LogP contribution is 2.21. The van der Waals surface area contributed by atoms with E-state index in [2.05, 4.69) is 33.8 Å². The molecule has 0 aliphatic heterocycles. The molecule has 1 aromatic heterocycles. The lowest BCUT2D eigenvalue weighted by molar-refractivity contribution is 0.414. The van der Waals surface area contributed by atoms with E-state index < -0.39 is 0 Å². The summed E-state index contributed by atoms with van der Waals surface area (Å²) in [6.07, 6.45) is 4.68. The van der Waals surface area contributed by atoms with Crippen LogP contribution in [0, 0.1) is 0 Å². The molecule has 19 heavy (non-hydrogen) atoms. The Morgan fingerprint density at radius 1 is 1.21 bits per heavy atom. The van der Waals surface area contributed by atoms with Crippen molar-refractivity contribution in [2.75, 3.05) is 12.9 Å². The molecule has 0 radical (unpaired) electrons. The molecule has 0 amide bonds. The van der Waals surface area contributed by atoms with Gasteiger partial charge < -0.3 is 9.30 Å². The first-order chi connectivity index (χ1) is 9.33. The van der Waals surface area contributed by atoms with E-state index in [0.717, 1.165) is 23.7 Å². The zero-order valence-corrected chi connectivity index (χ0v) is 12.1. The second kappa shape index (κ2) is 7.19. The second-order valence-corrected chi connectivity index (χ2v) is 5.36. The summed E-state index contributed by atoms with van der Waals surface area (Å²) in [7, 11) is 1.69. The number of aromatic nitrogens is 3. The fraction of sp³-hybridized carbons (Fsp3) is 0.429. The Morgan fingerprint density at radius 2 is 1.89 bits per heavy atom. The largest absolute Gasteiger partial charge is 0.497 e. The molecule has 0 saturated heterocycles. The zero-order chi connectivity index (χ0) is 13.5. The summed E-state index contributed by atoms with van der Waals surface area (Å²) in [4.78, 5) is 0. The van der Waals surface area contributed by atoms with Crippen molar-refractivity contribution >= 4 is 11.8 Å². The van der Waals surface area contributed by atoms with E-state index in [1.807, 2.05) is 23.9 Å². The quantitative estimate of drug-likeness (QED) is 0.779. The smallest absolute Gasteiger partial charge is 0.119 e. The molecule has 0 bridgehead atoms. The van der Waals surface area contributed by atoms with Crippen LogP contribution in [0.4, 0.5) is 0 Å². The molecule has 1 atom stereocenters. The molecule has 102 valence electrons. The van der Waals surface area contributed by atoms with Crippen LogP contribution in [0.3, 0.4) is 0 Å². The number of ether oxygens (including phenoxy) is 1. The molecule has 0 saturated carbocycles. The SMILES string of the molecule is CCC(CSCc1ccc(OC)cc1)n1cnnc1. The van der Waals surface area contributed by atoms with Gasteiger partial charge in [-0.3, -0.25) is 0 Å². The molecule has 0 spiro atoms. The standard InChI is InChI=1S/C14H19N3OS/c1-3-13(17-10-15-16-11-17)9-19-8-12-4-6-14(18-2)7-5-12/h4-7,10-11,13H,3,8-9H2,1-2H3. The average molecular weight is 277 g/mol. The van der Waals surface area contributed by atoms with Gasteiger partial charge in [-0.2, -0.15) is 11.8 Å². The van der Waals surface area contributed by atoms with Crippen LogP contribution in [-0.4, -0.2) is 27.6 Å². The molecule has 1 heterocycles. The van der Waals surface area contributed by atoms with Crippen LogP contribution in [0.15, 0.2) is 36.9 Å². The van der Waals surface area contributed by atoms with Crippen LogP contribution in [-0.2, 0) is 5.75 Å². The third-order valence-electron chi connectivity index (χ3n) is 3.07. The second-order valence-electron chi connectivity index (χ2n) is 4.33. The summed E-state index contributed by atoms with van der Waals surface area (Å²) in [5.41, 5.74) is 1.32. The van der Waals surface area contributed by atoms with Gasteiger partial charge in [-0.1, -0.05) is 19.1 Å². The lowest BCUT2D eigenvalue weighted by atomic mass is 10.2. The normalized spacial score (nSPS) is 12.3. The van der Waals surface area contributed by atoms with Gasteiger partial charge in [0.2, 0.25) is 0 Å². The highest BCUT2D eigenvalue weighted by molar-refractivity contribution is 7.98. The zero-order valence-electron chi connectivity index (χ0n) is 11.3. The van der Waals surface area contributed by atoms with Gasteiger partial charge >= 0.3 is 0 Å². The van der Waals surface area contributed by atoms with Crippen LogP contribution in [0.2, 0.25) is 0 Å². The molecular formula is C14H19N3OS. The molecule has 0 aliphatic rings. The van der Waals surface area contributed by atoms with Crippen LogP contribution in [0.1, 0.15) is 24.9 Å². The van der Waals surface area contributed by atoms with Crippen molar-refractivity contribution in [2.45, 2.75) is 25.1 Å². The Balaban J connectivity index is 1.81. The monoisotopic (exact) mass is 277 g/mol. The van der Waals surface area contributed by atoms with E-state index >= 15 is 0 Å². The van der Waals surface area contributed by atoms with Crippen molar-refractivity contribution in [3.05, 3.63) is 42.5 Å². The van der Waals surface area contributed by atoms with Crippen molar-refractivity contribution in [1.29, 1.82) is 0 Å². The van der Waals surface area contributed by atoms with E-state index in [1.54, 1.807) is 19.8 Å². The van der Waals surface area contributed by atoms with Gasteiger partial charge in [-0.25, -0.2) is 0 Å². The fourth-order valence-corrected chi connectivity index (χ4v) is 3.07. The van der Waals surface area contributed by atoms with Gasteiger partial charge in [-0.15, -0.1) is 10.2 Å². The van der Waals surface area contributed by atoms with E-state index in [4.69, 9.17) is 4.74 Å². The van der Waals surface area contributed by atoms with Gasteiger partial charge in [0.25, 0.3) is 0 Å². The molecular weight excluding hydrogens is 258 g/mol. The summed E-state index contributed by atoms with van der Waals surface area (Å²) >= 11 is 1.93. The van der Waals surface area contributed by atoms with Crippen LogP contribution in [0.25, 0.3) is 0 Å². The molecule has 0 fully saturated rings. The summed E-state index contributed by atoms with van der Waals surface area (Å²) in [5, 5.41) is 7.73. The van der Waals surface area contributed by atoms with Gasteiger partial charge in [0.05, 0.1) is 7.11 Å². The number of hydrogen-bond acceptors (Lipinski definition) is 4. The molecule has 2 rings (SSSR count). The number of nitrogens with zero attached hydrogens (tertiary/aromatic N) is 3. The minimum atomic E-state index is 0.471. The van der Waals surface area contributed by atoms with E-state index in [0.29, 0.717) is 6.04 Å². The third-order valence-corrected chi connectivity index (χ3v) is 4.23. The van der Waals surface area contributed by atoms with Crippen LogP contribution in [0.5, 0.6) is 5.75 Å². The maximum Gasteiger partial charge on any atom is 0.119 e. The fourth-order valence-electron chi connectivity index (χ4n) is 1.85. The Bertz CT molecular complexity index is 470. The highest BCUT2D eigenvalue weighted by Gasteiger charge is 2.08. The Hall–Kier alpha value is -1.49. The first kappa shape index (κ1) is 13.9. The van der Waals surface area contributed by atoms with Crippen LogP contribution >= 0.6 is 11.8 Å². The predicted molar refractivity (Wildman–Crippen MR) is 78.5 cm³/mol. The number of benzene rings is 1. The summed E-state index contributed by atoms with van der Waals surface area (Å²) in [6, 6.07) is 8.72. The van der Waals surface area contributed by atoms with Crippen molar-refractivity contribution in [1.82, 2.24) is 14.8 Å². The molecule has 4 nitrogen and oxygen atoms in total. The number of hydrogen-bond donors (Lipinski definition) is 0. The van der Waals surface area contributed by atoms with Crippen molar-refractivity contribution in [3.8, 4) is 5.75 Å². The number of thioether (sulfide) groups is 1. The van der Waals surface area contributed by atoms with E-state index in [1.165, 1.54) is 5.56 Å². The van der Waals surface area contributed by atoms with E-state index in [9.17, 15) is 0 Å². The molecule has 0 N–H and O–H groups in total. The maximum atomic E-state index is 5.15. The minimum Gasteiger partial charge on any atom is -0.497 e. The first-order valence-electron chi connectivity index (χ1n) is 6.38. The van der Waals surface area contributed by atoms with E-state index in [-0.39, 0.29) is 0 Å². The van der Waals surface area contributed by atoms with Gasteiger partial charge in [0.1, 0.15) is 18.4 Å². The molecule has 1 unspecified atom stereocenters. The van der Waals surface area contributed by atoms with Gasteiger partial charge in [0, 0.05) is 17.5 Å². The maximum absolute atomic E-state index is 5.15. The third kappa shape index (κ3) is 3.99. The molecule has 1 aromatic carbocycles. The molecule has 0 aliphatic carbocycles. The summed E-state index contributed by atoms with van der Waals surface area (Å²) in [5.74, 6) is 2.99. The topological polar surface area (TPSA) is 39.9 Å². The van der Waals surface area contributed by atoms with Crippen LogP contribution < -0.4 is 4.74 Å². The van der Waals surface area contributed by atoms with Gasteiger partial charge in [-0.05, 0) is 24.1 Å². The lowest BCUT2D eigenvalue weighted by Gasteiger charge is -2.15. The summed E-state index contributed by atoms with van der Waals surface area (Å²) < 4.78 is 7.24. The minimum absolute atomic E-state index is 0.471. The predicted octanol–water partition coefficient (Wildman–Crippen LogP) is 3.17. The Kier molecular flexibility index (Phi) is 5.27. The highest BCUT2D eigenvalue weighted by atomic mass is 32.2. The van der Waals surface area contributed by atoms with Crippen molar-refractivity contribution in [3.63, 3.8) is 0 Å². The Labute approximate surface area is 118 Å². The molecule has 5 heteroatoms. The number of rotatable bonds is 7. The Morgan fingerprint density at radius 3 is 2.47 bits per heavy atom. The van der Waals surface area contributed by atoms with Crippen molar-refractivity contribution < 1.29 is 4.74 Å².